The number of nitrogens with one attached hydrogen (secondary N) is 1. The first-order chi connectivity index (χ1) is 14.3. The number of carbonyl (C=O) groups is 3. The third-order valence-corrected chi connectivity index (χ3v) is 5.68. The summed E-state index contributed by atoms with van der Waals surface area (Å²) in [4.78, 5) is 38.7. The van der Waals surface area contributed by atoms with Crippen molar-refractivity contribution in [3.8, 4) is 11.5 Å². The summed E-state index contributed by atoms with van der Waals surface area (Å²) >= 11 is 0.785. The lowest BCUT2D eigenvalue weighted by molar-refractivity contribution is -0.127. The van der Waals surface area contributed by atoms with Crippen LogP contribution in [-0.4, -0.2) is 42.7 Å². The van der Waals surface area contributed by atoms with Gasteiger partial charge in [0.2, 0.25) is 5.91 Å². The summed E-state index contributed by atoms with van der Waals surface area (Å²) in [6, 6.07) is 10.8. The van der Waals surface area contributed by atoms with E-state index >= 15 is 0 Å². The highest BCUT2D eigenvalue weighted by Gasteiger charge is 2.36. The Hall–Kier alpha value is -3.26. The molecular weight excluding hydrogens is 404 g/mol. The number of imide groups is 1. The van der Waals surface area contributed by atoms with Crippen LogP contribution in [0, 0.1) is 13.8 Å². The number of thioether (sulfide) groups is 1. The number of methoxy groups -OCH3 is 2. The van der Waals surface area contributed by atoms with E-state index in [0.29, 0.717) is 22.7 Å². The van der Waals surface area contributed by atoms with Gasteiger partial charge >= 0.3 is 0 Å². The van der Waals surface area contributed by atoms with Gasteiger partial charge in [0.25, 0.3) is 11.1 Å². The number of hydrogen-bond acceptors (Lipinski definition) is 6. The summed E-state index contributed by atoms with van der Waals surface area (Å²) in [5.41, 5.74) is 3.23. The lowest BCUT2D eigenvalue weighted by Gasteiger charge is -2.14. The van der Waals surface area contributed by atoms with E-state index in [1.807, 2.05) is 26.0 Å². The number of nitrogens with zero attached hydrogens (tertiary/aromatic N) is 1. The van der Waals surface area contributed by atoms with Crippen LogP contribution >= 0.6 is 11.8 Å². The molecule has 1 heterocycles. The average molecular weight is 426 g/mol. The number of anilines is 1. The first-order valence-corrected chi connectivity index (χ1v) is 9.99. The van der Waals surface area contributed by atoms with Crippen molar-refractivity contribution in [1.82, 2.24) is 4.90 Å². The molecule has 2 aromatic rings. The number of amides is 3. The van der Waals surface area contributed by atoms with Gasteiger partial charge < -0.3 is 14.8 Å². The maximum Gasteiger partial charge on any atom is 0.294 e. The number of carbonyl (C=O) groups excluding carboxylic acids is 3. The van der Waals surface area contributed by atoms with Crippen LogP contribution in [0.2, 0.25) is 0 Å². The molecule has 2 aromatic carbocycles. The Morgan fingerprint density at radius 1 is 1.10 bits per heavy atom. The molecule has 0 bridgehead atoms. The van der Waals surface area contributed by atoms with Gasteiger partial charge in [0, 0.05) is 11.3 Å². The van der Waals surface area contributed by atoms with Crippen LogP contribution in [0.15, 0.2) is 41.3 Å². The van der Waals surface area contributed by atoms with Crippen LogP contribution in [0.25, 0.3) is 6.08 Å². The molecule has 0 spiro atoms. The molecule has 0 atom stereocenters. The van der Waals surface area contributed by atoms with E-state index in [-0.39, 0.29) is 11.4 Å². The maximum atomic E-state index is 12.7. The van der Waals surface area contributed by atoms with Crippen molar-refractivity contribution in [2.24, 2.45) is 0 Å². The molecule has 1 saturated heterocycles. The standard InChI is InChI=1S/C22H22N2O5S/c1-13-7-5-9-16(14(13)2)23-19(25)12-24-21(26)18(30-22(24)27)11-15-8-6-10-17(28-3)20(15)29-4/h5-11H,12H2,1-4H3,(H,23,25)/b18-11+. The fraction of sp³-hybridized carbons (Fsp3) is 0.227. The van der Waals surface area contributed by atoms with E-state index in [1.54, 1.807) is 30.3 Å². The zero-order valence-electron chi connectivity index (χ0n) is 17.1. The first kappa shape index (κ1) is 21.4. The molecule has 7 nitrogen and oxygen atoms in total. The minimum Gasteiger partial charge on any atom is -0.493 e. The molecule has 1 fully saturated rings. The number of para-hydroxylation sites is 1. The molecule has 1 aliphatic heterocycles. The van der Waals surface area contributed by atoms with E-state index in [2.05, 4.69) is 5.32 Å². The predicted octanol–water partition coefficient (Wildman–Crippen LogP) is 4.00. The number of hydrogen-bond donors (Lipinski definition) is 1. The van der Waals surface area contributed by atoms with Gasteiger partial charge in [0.1, 0.15) is 6.54 Å². The normalized spacial score (nSPS) is 14.9. The predicted molar refractivity (Wildman–Crippen MR) is 117 cm³/mol. The van der Waals surface area contributed by atoms with Crippen molar-refractivity contribution in [2.75, 3.05) is 26.1 Å². The second-order valence-electron chi connectivity index (χ2n) is 6.65. The lowest BCUT2D eigenvalue weighted by atomic mass is 10.1. The zero-order chi connectivity index (χ0) is 21.8. The molecule has 8 heteroatoms. The van der Waals surface area contributed by atoms with Crippen molar-refractivity contribution >= 4 is 40.6 Å². The Morgan fingerprint density at radius 2 is 1.83 bits per heavy atom. The largest absolute Gasteiger partial charge is 0.493 e. The van der Waals surface area contributed by atoms with Crippen LogP contribution in [-0.2, 0) is 9.59 Å². The second kappa shape index (κ2) is 9.04. The van der Waals surface area contributed by atoms with Gasteiger partial charge in [-0.1, -0.05) is 24.3 Å². The Labute approximate surface area is 179 Å². The summed E-state index contributed by atoms with van der Waals surface area (Å²) < 4.78 is 10.6. The topological polar surface area (TPSA) is 84.9 Å². The minimum absolute atomic E-state index is 0.214. The van der Waals surface area contributed by atoms with E-state index in [9.17, 15) is 14.4 Å². The Morgan fingerprint density at radius 3 is 2.53 bits per heavy atom. The highest BCUT2D eigenvalue weighted by atomic mass is 32.2. The minimum atomic E-state index is -0.522. The van der Waals surface area contributed by atoms with Crippen molar-refractivity contribution in [1.29, 1.82) is 0 Å². The molecule has 156 valence electrons. The third-order valence-electron chi connectivity index (χ3n) is 4.77. The number of benzene rings is 2. The molecule has 30 heavy (non-hydrogen) atoms. The van der Waals surface area contributed by atoms with Gasteiger partial charge in [0.05, 0.1) is 19.1 Å². The van der Waals surface area contributed by atoms with Crippen molar-refractivity contribution in [2.45, 2.75) is 13.8 Å². The van der Waals surface area contributed by atoms with E-state index in [4.69, 9.17) is 9.47 Å². The van der Waals surface area contributed by atoms with Gasteiger partial charge in [-0.25, -0.2) is 0 Å². The summed E-state index contributed by atoms with van der Waals surface area (Å²) in [7, 11) is 3.02. The highest BCUT2D eigenvalue weighted by Crippen LogP contribution is 2.37. The number of aryl methyl sites for hydroxylation is 1. The highest BCUT2D eigenvalue weighted by molar-refractivity contribution is 8.18. The zero-order valence-corrected chi connectivity index (χ0v) is 18.0. The van der Waals surface area contributed by atoms with Crippen LogP contribution in [0.4, 0.5) is 10.5 Å². The van der Waals surface area contributed by atoms with Crippen molar-refractivity contribution < 1.29 is 23.9 Å². The van der Waals surface area contributed by atoms with Crippen LogP contribution in [0.5, 0.6) is 11.5 Å². The van der Waals surface area contributed by atoms with Crippen LogP contribution in [0.1, 0.15) is 16.7 Å². The molecule has 0 unspecified atom stereocenters. The Kier molecular flexibility index (Phi) is 6.47. The monoisotopic (exact) mass is 426 g/mol. The van der Waals surface area contributed by atoms with Gasteiger partial charge in [-0.3, -0.25) is 19.3 Å². The van der Waals surface area contributed by atoms with Crippen LogP contribution in [0.3, 0.4) is 0 Å². The fourth-order valence-electron chi connectivity index (χ4n) is 3.02. The second-order valence-corrected chi connectivity index (χ2v) is 7.64. The van der Waals surface area contributed by atoms with Gasteiger partial charge in [-0.05, 0) is 54.9 Å². The molecule has 1 aliphatic rings. The fourth-order valence-corrected chi connectivity index (χ4v) is 3.85. The molecule has 3 rings (SSSR count). The summed E-state index contributed by atoms with van der Waals surface area (Å²) in [5, 5.41) is 2.27. The molecule has 0 aromatic heterocycles. The number of rotatable bonds is 6. The molecule has 0 radical (unpaired) electrons. The number of ether oxygens (including phenoxy) is 2. The smallest absolute Gasteiger partial charge is 0.294 e. The SMILES string of the molecule is COc1cccc(/C=C2/SC(=O)N(CC(=O)Nc3cccc(C)c3C)C2=O)c1OC. The Balaban J connectivity index is 1.77. The molecule has 0 aliphatic carbocycles. The summed E-state index contributed by atoms with van der Waals surface area (Å²) in [5.74, 6) is 0.00930. The van der Waals surface area contributed by atoms with E-state index in [0.717, 1.165) is 27.8 Å². The lowest BCUT2D eigenvalue weighted by Crippen LogP contribution is -2.36. The summed E-state index contributed by atoms with van der Waals surface area (Å²) in [6.07, 6.45) is 1.56. The average Bonchev–Trinajstić information content (AvgIpc) is 2.98. The van der Waals surface area contributed by atoms with Gasteiger partial charge in [-0.2, -0.15) is 0 Å². The first-order valence-electron chi connectivity index (χ1n) is 9.18. The van der Waals surface area contributed by atoms with Crippen molar-refractivity contribution in [3.05, 3.63) is 58.0 Å². The molecule has 3 amide bonds. The van der Waals surface area contributed by atoms with Crippen molar-refractivity contribution in [3.63, 3.8) is 0 Å². The van der Waals surface area contributed by atoms with Gasteiger partial charge in [0.15, 0.2) is 11.5 Å². The quantitative estimate of drug-likeness (QED) is 0.703. The van der Waals surface area contributed by atoms with Crippen LogP contribution < -0.4 is 14.8 Å². The summed E-state index contributed by atoms with van der Waals surface area (Å²) in [6.45, 7) is 3.49. The van der Waals surface area contributed by atoms with E-state index < -0.39 is 17.1 Å². The van der Waals surface area contributed by atoms with Gasteiger partial charge in [-0.15, -0.1) is 0 Å². The molecular formula is C22H22N2O5S. The third kappa shape index (κ3) is 4.33. The van der Waals surface area contributed by atoms with E-state index in [1.165, 1.54) is 14.2 Å². The maximum absolute atomic E-state index is 12.7. The molecule has 1 N–H and O–H groups in total. The Bertz CT molecular complexity index is 1050. The molecule has 0 saturated carbocycles.